The molecule has 1 fully saturated rings. The van der Waals surface area contributed by atoms with E-state index >= 15 is 0 Å². The van der Waals surface area contributed by atoms with Crippen molar-refractivity contribution in [1.29, 1.82) is 0 Å². The molecule has 0 aliphatic carbocycles. The summed E-state index contributed by atoms with van der Waals surface area (Å²) in [5, 5.41) is 0. The van der Waals surface area contributed by atoms with E-state index in [9.17, 15) is 16.8 Å². The molecule has 10 nitrogen and oxygen atoms in total. The van der Waals surface area contributed by atoms with Gasteiger partial charge in [0.25, 0.3) is 0 Å². The van der Waals surface area contributed by atoms with Crippen LogP contribution in [0.4, 0.5) is 0 Å². The molecule has 1 heterocycles. The van der Waals surface area contributed by atoms with Crippen LogP contribution in [0.5, 0.6) is 0 Å². The highest BCUT2D eigenvalue weighted by molar-refractivity contribution is 8.13. The van der Waals surface area contributed by atoms with Crippen LogP contribution in [0.15, 0.2) is 0 Å². The normalized spacial score (nSPS) is 19.6. The van der Waals surface area contributed by atoms with Crippen LogP contribution in [0.1, 0.15) is 0 Å². The minimum atomic E-state index is -3.19. The Kier molecular flexibility index (Phi) is 22.3. The quantitative estimate of drug-likeness (QED) is 0.440. The summed E-state index contributed by atoms with van der Waals surface area (Å²) in [6.07, 6.45) is 1.85. The maximum Gasteiger partial charge on any atom is 0.229 e. The Morgan fingerprint density at radius 1 is 0.429 bits per heavy atom. The van der Waals surface area contributed by atoms with E-state index in [-0.39, 0.29) is 0 Å². The molecule has 0 bridgehead atoms. The highest BCUT2D eigenvalue weighted by atomic mass is 35.7. The Hall–Kier alpha value is 0.240. The molecule has 0 aromatic rings. The lowest BCUT2D eigenvalue weighted by molar-refractivity contribution is -0.0334. The fraction of sp³-hybridized carbons (Fsp3) is 1.00. The van der Waals surface area contributed by atoms with Crippen molar-refractivity contribution in [2.45, 2.75) is 0 Å². The zero-order valence-corrected chi connectivity index (χ0v) is 19.3. The maximum atomic E-state index is 9.40. The topological polar surface area (TPSA) is 124 Å². The van der Waals surface area contributed by atoms with Crippen molar-refractivity contribution in [3.63, 3.8) is 0 Å². The lowest BCUT2D eigenvalue weighted by Gasteiger charge is -2.09. The van der Waals surface area contributed by atoms with E-state index in [2.05, 4.69) is 21.4 Å². The first kappa shape index (κ1) is 30.4. The monoisotopic (exact) mass is 492 g/mol. The van der Waals surface area contributed by atoms with Crippen molar-refractivity contribution < 1.29 is 45.3 Å². The van der Waals surface area contributed by atoms with Crippen LogP contribution in [0.25, 0.3) is 0 Å². The number of ether oxygens (including phenoxy) is 6. The minimum Gasteiger partial charge on any atom is -0.377 e. The van der Waals surface area contributed by atoms with Crippen LogP contribution in [0, 0.1) is 0 Å². The van der Waals surface area contributed by atoms with Crippen molar-refractivity contribution >= 4 is 39.5 Å². The summed E-state index contributed by atoms with van der Waals surface area (Å²) in [7, 11) is 2.62. The average Bonchev–Trinajstić information content (AvgIpc) is 2.52. The van der Waals surface area contributed by atoms with Gasteiger partial charge in [0.1, 0.15) is 0 Å². The van der Waals surface area contributed by atoms with Crippen molar-refractivity contribution in [3.05, 3.63) is 0 Å². The molecule has 1 aliphatic heterocycles. The van der Waals surface area contributed by atoms with Crippen LogP contribution < -0.4 is 0 Å². The summed E-state index contributed by atoms with van der Waals surface area (Å²) in [6.45, 7) is 7.04. The number of hydrogen-bond acceptors (Lipinski definition) is 10. The molecule has 1 rings (SSSR count). The standard InChI is InChI=1S/C12H24O6.2CH3ClO2S/c1-2-14-5-6-16-9-10-18-12-11-17-8-7-15-4-3-13-1;2*1-5(2,3)4/h1-12H2;2*1H3. The van der Waals surface area contributed by atoms with E-state index < -0.39 is 18.1 Å². The van der Waals surface area contributed by atoms with E-state index in [0.29, 0.717) is 79.3 Å². The Labute approximate surface area is 176 Å². The van der Waals surface area contributed by atoms with Crippen LogP contribution >= 0.6 is 21.4 Å². The van der Waals surface area contributed by atoms with E-state index in [0.717, 1.165) is 12.5 Å². The van der Waals surface area contributed by atoms with Crippen LogP contribution in [-0.2, 0) is 46.5 Å². The molecule has 1 aliphatic rings. The molecule has 1 saturated heterocycles. The molecule has 14 heteroatoms. The molecule has 0 unspecified atom stereocenters. The van der Waals surface area contributed by atoms with Crippen LogP contribution in [0.2, 0.25) is 0 Å². The summed E-state index contributed by atoms with van der Waals surface area (Å²) < 4.78 is 69.6. The van der Waals surface area contributed by atoms with Gasteiger partial charge >= 0.3 is 0 Å². The molecule has 0 radical (unpaired) electrons. The van der Waals surface area contributed by atoms with Gasteiger partial charge in [-0.25, -0.2) is 16.8 Å². The first-order valence-electron chi connectivity index (χ1n) is 8.26. The van der Waals surface area contributed by atoms with Crippen molar-refractivity contribution in [2.24, 2.45) is 0 Å². The van der Waals surface area contributed by atoms with Gasteiger partial charge in [-0.2, -0.15) is 0 Å². The molecule has 0 saturated carbocycles. The third-order valence-corrected chi connectivity index (χ3v) is 2.23. The van der Waals surface area contributed by atoms with Gasteiger partial charge in [0.2, 0.25) is 18.1 Å². The molecule has 0 aromatic heterocycles. The zero-order valence-electron chi connectivity index (χ0n) is 16.1. The van der Waals surface area contributed by atoms with E-state index in [1.54, 1.807) is 0 Å². The third-order valence-electron chi connectivity index (χ3n) is 2.23. The Morgan fingerprint density at radius 3 is 0.571 bits per heavy atom. The smallest absolute Gasteiger partial charge is 0.229 e. The van der Waals surface area contributed by atoms with Crippen LogP contribution in [-0.4, -0.2) is 109 Å². The van der Waals surface area contributed by atoms with Crippen molar-refractivity contribution in [1.82, 2.24) is 0 Å². The Balaban J connectivity index is 0. The van der Waals surface area contributed by atoms with Gasteiger partial charge in [0.05, 0.1) is 91.8 Å². The molecule has 28 heavy (non-hydrogen) atoms. The minimum absolute atomic E-state index is 0.586. The maximum absolute atomic E-state index is 9.40. The molecule has 0 amide bonds. The zero-order chi connectivity index (χ0) is 21.7. The van der Waals surface area contributed by atoms with Crippen molar-refractivity contribution in [3.8, 4) is 0 Å². The molecule has 172 valence electrons. The molecular formula is C14H30Cl2O10S2. The second-order valence-electron chi connectivity index (χ2n) is 5.04. The first-order chi connectivity index (χ1) is 13.0. The summed E-state index contributed by atoms with van der Waals surface area (Å²) >= 11 is 0. The van der Waals surface area contributed by atoms with Gasteiger partial charge in [-0.15, -0.1) is 0 Å². The van der Waals surface area contributed by atoms with Gasteiger partial charge in [0, 0.05) is 21.4 Å². The average molecular weight is 493 g/mol. The highest BCUT2D eigenvalue weighted by Crippen LogP contribution is 1.86. The predicted octanol–water partition coefficient (Wildman–Crippen LogP) is 0.469. The molecular weight excluding hydrogens is 463 g/mol. The number of rotatable bonds is 0. The summed E-state index contributed by atoms with van der Waals surface area (Å²) in [6, 6.07) is 0. The lowest BCUT2D eigenvalue weighted by atomic mass is 10.6. The molecule has 0 spiro atoms. The fourth-order valence-corrected chi connectivity index (χ4v) is 1.32. The number of halogens is 2. The Morgan fingerprint density at radius 2 is 0.500 bits per heavy atom. The lowest BCUT2D eigenvalue weighted by Crippen LogP contribution is -2.16. The van der Waals surface area contributed by atoms with Crippen LogP contribution in [0.3, 0.4) is 0 Å². The SMILES string of the molecule is C1COCCOCCOCCOCCOCCO1.CS(=O)(=O)Cl.CS(=O)(=O)Cl. The summed E-state index contributed by atoms with van der Waals surface area (Å²) in [5.74, 6) is 0. The Bertz CT molecular complexity index is 407. The van der Waals surface area contributed by atoms with Crippen molar-refractivity contribution in [2.75, 3.05) is 91.8 Å². The number of hydrogen-bond donors (Lipinski definition) is 0. The van der Waals surface area contributed by atoms with Gasteiger partial charge < -0.3 is 28.4 Å². The molecule has 0 atom stereocenters. The first-order valence-corrected chi connectivity index (χ1v) is 13.7. The van der Waals surface area contributed by atoms with E-state index in [4.69, 9.17) is 28.4 Å². The largest absolute Gasteiger partial charge is 0.377 e. The van der Waals surface area contributed by atoms with Gasteiger partial charge in [-0.05, 0) is 0 Å². The van der Waals surface area contributed by atoms with Gasteiger partial charge in [-0.3, -0.25) is 0 Å². The van der Waals surface area contributed by atoms with E-state index in [1.165, 1.54) is 0 Å². The van der Waals surface area contributed by atoms with Gasteiger partial charge in [0.15, 0.2) is 0 Å². The summed E-state index contributed by atoms with van der Waals surface area (Å²) in [5.41, 5.74) is 0. The molecule has 0 N–H and O–H groups in total. The third kappa shape index (κ3) is 50.2. The van der Waals surface area contributed by atoms with E-state index in [1.807, 2.05) is 0 Å². The second kappa shape index (κ2) is 20.5. The highest BCUT2D eigenvalue weighted by Gasteiger charge is 1.95. The summed E-state index contributed by atoms with van der Waals surface area (Å²) in [4.78, 5) is 0. The second-order valence-corrected chi connectivity index (χ2v) is 11.1. The predicted molar refractivity (Wildman–Crippen MR) is 106 cm³/mol. The fourth-order valence-electron chi connectivity index (χ4n) is 1.32. The van der Waals surface area contributed by atoms with Gasteiger partial charge in [-0.1, -0.05) is 0 Å². The molecule has 0 aromatic carbocycles.